The van der Waals surface area contributed by atoms with Crippen molar-refractivity contribution < 1.29 is 0 Å². The fraction of sp³-hybridized carbons (Fsp3) is 0.727. The molecule has 0 bridgehead atoms. The van der Waals surface area contributed by atoms with Crippen LogP contribution in [0.15, 0.2) is 5.38 Å². The second-order valence-corrected chi connectivity index (χ2v) is 5.75. The lowest BCUT2D eigenvalue weighted by molar-refractivity contribution is 0.445. The highest BCUT2D eigenvalue weighted by molar-refractivity contribution is 7.09. The fourth-order valence-corrected chi connectivity index (χ4v) is 2.95. The minimum absolute atomic E-state index is 0.522. The number of hydrogen-bond acceptors (Lipinski definition) is 3. The Balaban J connectivity index is 1.71. The van der Waals surface area contributed by atoms with E-state index >= 15 is 0 Å². The number of rotatable bonds is 6. The van der Waals surface area contributed by atoms with Crippen LogP contribution in [0.2, 0.25) is 0 Å². The van der Waals surface area contributed by atoms with Crippen LogP contribution in [-0.2, 0) is 6.54 Å². The summed E-state index contributed by atoms with van der Waals surface area (Å²) in [6.45, 7) is 4.04. The molecule has 1 aliphatic rings. The van der Waals surface area contributed by atoms with E-state index in [2.05, 4.69) is 15.7 Å². The number of hydrogen-bond donors (Lipinski definition) is 1. The van der Waals surface area contributed by atoms with Crippen molar-refractivity contribution in [2.75, 3.05) is 12.4 Å². The van der Waals surface area contributed by atoms with Crippen molar-refractivity contribution in [2.45, 2.75) is 32.7 Å². The molecule has 1 heterocycles. The monoisotopic (exact) mass is 244 g/mol. The van der Waals surface area contributed by atoms with E-state index in [1.165, 1.54) is 17.8 Å². The first kappa shape index (κ1) is 11.4. The number of thiazole rings is 1. The summed E-state index contributed by atoms with van der Waals surface area (Å²) in [5.74, 6) is 0.790. The van der Waals surface area contributed by atoms with E-state index < -0.39 is 0 Å². The first-order valence-corrected chi connectivity index (χ1v) is 6.83. The van der Waals surface area contributed by atoms with Gasteiger partial charge in [-0.15, -0.1) is 22.9 Å². The van der Waals surface area contributed by atoms with Crippen LogP contribution >= 0.6 is 22.9 Å². The van der Waals surface area contributed by atoms with E-state index in [1.807, 2.05) is 6.92 Å². The van der Waals surface area contributed by atoms with Gasteiger partial charge < -0.3 is 5.32 Å². The third-order valence-electron chi connectivity index (χ3n) is 3.02. The lowest BCUT2D eigenvalue weighted by Crippen LogP contribution is -2.23. The summed E-state index contributed by atoms with van der Waals surface area (Å²) in [5, 5.41) is 6.78. The number of halogens is 1. The van der Waals surface area contributed by atoms with Crippen molar-refractivity contribution in [3.63, 3.8) is 0 Å². The molecule has 1 aromatic heterocycles. The van der Waals surface area contributed by atoms with Gasteiger partial charge in [-0.25, -0.2) is 4.98 Å². The number of nitrogens with one attached hydrogen (secondary N) is 1. The van der Waals surface area contributed by atoms with Crippen molar-refractivity contribution in [3.05, 3.63) is 16.1 Å². The molecular formula is C11H17ClN2S. The second-order valence-electron chi connectivity index (χ2n) is 4.43. The molecule has 0 amide bonds. The Morgan fingerprint density at radius 2 is 2.40 bits per heavy atom. The third-order valence-corrected chi connectivity index (χ3v) is 4.18. The Kier molecular flexibility index (Phi) is 3.65. The van der Waals surface area contributed by atoms with E-state index in [0.29, 0.717) is 5.41 Å². The van der Waals surface area contributed by atoms with Gasteiger partial charge >= 0.3 is 0 Å². The number of alkyl halides is 1. The predicted molar refractivity (Wildman–Crippen MR) is 65.6 cm³/mol. The molecule has 0 aliphatic heterocycles. The maximum absolute atomic E-state index is 5.79. The van der Waals surface area contributed by atoms with Gasteiger partial charge in [-0.3, -0.25) is 0 Å². The van der Waals surface area contributed by atoms with Crippen molar-refractivity contribution in [1.29, 1.82) is 0 Å². The van der Waals surface area contributed by atoms with Crippen molar-refractivity contribution in [3.8, 4) is 0 Å². The summed E-state index contributed by atoms with van der Waals surface area (Å²) in [6.07, 6.45) is 3.83. The van der Waals surface area contributed by atoms with Crippen LogP contribution in [0.25, 0.3) is 0 Å². The number of nitrogens with zero attached hydrogens (tertiary/aromatic N) is 1. The largest absolute Gasteiger partial charge is 0.310 e. The molecule has 1 fully saturated rings. The predicted octanol–water partition coefficient (Wildman–Crippen LogP) is 2.95. The van der Waals surface area contributed by atoms with Crippen molar-refractivity contribution >= 4 is 22.9 Å². The SMILES string of the molecule is Cc1csc(CNCC2(CCCl)CC2)n1. The molecule has 0 atom stereocenters. The first-order chi connectivity index (χ1) is 7.24. The minimum atomic E-state index is 0.522. The van der Waals surface area contributed by atoms with E-state index in [9.17, 15) is 0 Å². The molecule has 0 unspecified atom stereocenters. The number of aryl methyl sites for hydroxylation is 1. The molecule has 2 nitrogen and oxygen atoms in total. The normalized spacial score (nSPS) is 18.0. The Morgan fingerprint density at radius 1 is 1.60 bits per heavy atom. The topological polar surface area (TPSA) is 24.9 Å². The number of aromatic nitrogens is 1. The summed E-state index contributed by atoms with van der Waals surface area (Å²) >= 11 is 7.52. The molecule has 0 radical (unpaired) electrons. The zero-order valence-corrected chi connectivity index (χ0v) is 10.6. The zero-order valence-electron chi connectivity index (χ0n) is 9.05. The van der Waals surface area contributed by atoms with Gasteiger partial charge in [0.15, 0.2) is 0 Å². The quantitative estimate of drug-likeness (QED) is 0.779. The van der Waals surface area contributed by atoms with Crippen LogP contribution in [0, 0.1) is 12.3 Å². The van der Waals surface area contributed by atoms with Crippen LogP contribution in [-0.4, -0.2) is 17.4 Å². The molecule has 1 saturated carbocycles. The van der Waals surface area contributed by atoms with Gasteiger partial charge in [0.05, 0.1) is 0 Å². The van der Waals surface area contributed by atoms with Gasteiger partial charge in [0.25, 0.3) is 0 Å². The lowest BCUT2D eigenvalue weighted by atomic mass is 10.0. The summed E-state index contributed by atoms with van der Waals surface area (Å²) in [6, 6.07) is 0. The fourth-order valence-electron chi connectivity index (χ4n) is 1.81. The van der Waals surface area contributed by atoms with E-state index in [-0.39, 0.29) is 0 Å². The smallest absolute Gasteiger partial charge is 0.107 e. The second kappa shape index (κ2) is 4.81. The molecule has 1 N–H and O–H groups in total. The van der Waals surface area contributed by atoms with Gasteiger partial charge in [0.2, 0.25) is 0 Å². The molecule has 0 saturated heterocycles. The standard InChI is InChI=1S/C11H17ClN2S/c1-9-7-15-10(14-9)6-13-8-11(2-3-11)4-5-12/h7,13H,2-6,8H2,1H3. The van der Waals surface area contributed by atoms with Crippen LogP contribution in [0.4, 0.5) is 0 Å². The molecule has 84 valence electrons. The van der Waals surface area contributed by atoms with Gasteiger partial charge in [0, 0.05) is 30.0 Å². The van der Waals surface area contributed by atoms with E-state index in [4.69, 9.17) is 11.6 Å². The summed E-state index contributed by atoms with van der Waals surface area (Å²) in [4.78, 5) is 4.43. The molecule has 1 aliphatic carbocycles. The lowest BCUT2D eigenvalue weighted by Gasteiger charge is -2.13. The summed E-state index contributed by atoms with van der Waals surface area (Å²) in [7, 11) is 0. The maximum Gasteiger partial charge on any atom is 0.107 e. The van der Waals surface area contributed by atoms with E-state index in [0.717, 1.165) is 31.1 Å². The van der Waals surface area contributed by atoms with Crippen molar-refractivity contribution in [1.82, 2.24) is 10.3 Å². The highest BCUT2D eigenvalue weighted by atomic mass is 35.5. The van der Waals surface area contributed by atoms with Crippen LogP contribution in [0.3, 0.4) is 0 Å². The molecule has 1 aromatic rings. The summed E-state index contributed by atoms with van der Waals surface area (Å²) in [5.41, 5.74) is 1.65. The highest BCUT2D eigenvalue weighted by Gasteiger charge is 2.41. The molecule has 0 spiro atoms. The average Bonchev–Trinajstić information content (AvgIpc) is 2.83. The Morgan fingerprint density at radius 3 is 2.93 bits per heavy atom. The van der Waals surface area contributed by atoms with Crippen LogP contribution in [0.1, 0.15) is 30.0 Å². The third kappa shape index (κ3) is 3.16. The highest BCUT2D eigenvalue weighted by Crippen LogP contribution is 2.48. The molecule has 0 aromatic carbocycles. The molecular weight excluding hydrogens is 228 g/mol. The summed E-state index contributed by atoms with van der Waals surface area (Å²) < 4.78 is 0. The first-order valence-electron chi connectivity index (χ1n) is 5.42. The average molecular weight is 245 g/mol. The van der Waals surface area contributed by atoms with Crippen molar-refractivity contribution in [2.24, 2.45) is 5.41 Å². The van der Waals surface area contributed by atoms with Crippen LogP contribution in [0.5, 0.6) is 0 Å². The Labute approximate surface area is 100 Å². The van der Waals surface area contributed by atoms with Gasteiger partial charge in [-0.1, -0.05) is 0 Å². The molecule has 15 heavy (non-hydrogen) atoms. The minimum Gasteiger partial charge on any atom is -0.310 e. The van der Waals surface area contributed by atoms with Crippen LogP contribution < -0.4 is 5.32 Å². The van der Waals surface area contributed by atoms with E-state index in [1.54, 1.807) is 11.3 Å². The Hall–Kier alpha value is -0.120. The van der Waals surface area contributed by atoms with Gasteiger partial charge in [-0.2, -0.15) is 0 Å². The molecule has 4 heteroatoms. The maximum atomic E-state index is 5.79. The van der Waals surface area contributed by atoms with Gasteiger partial charge in [0.1, 0.15) is 5.01 Å². The van der Waals surface area contributed by atoms with Gasteiger partial charge in [-0.05, 0) is 31.6 Å². The zero-order chi connectivity index (χ0) is 10.7. The molecule has 2 rings (SSSR count). The Bertz CT molecular complexity index is 320.